The number of phenolic OH excluding ortho intramolecular Hbond substituents is 1. The number of halogens is 4. The third kappa shape index (κ3) is 4.41. The summed E-state index contributed by atoms with van der Waals surface area (Å²) in [5, 5.41) is 8.76. The minimum Gasteiger partial charge on any atom is -0.508 e. The number of anilines is 1. The van der Waals surface area contributed by atoms with Crippen LogP contribution in [0.5, 0.6) is 5.75 Å². The maximum absolute atomic E-state index is 12.9. The zero-order chi connectivity index (χ0) is 20.5. The van der Waals surface area contributed by atoms with E-state index < -0.39 is 34.8 Å². The molecule has 1 fully saturated rings. The van der Waals surface area contributed by atoms with Gasteiger partial charge in [0, 0.05) is 38.1 Å². The summed E-state index contributed by atoms with van der Waals surface area (Å²) < 4.78 is 39.4. The Morgan fingerprint density at radius 3 is 2.29 bits per heavy atom. The number of hydrogen-bond donors (Lipinski definition) is 1. The highest BCUT2D eigenvalue weighted by molar-refractivity contribution is 6.30. The number of piperazine rings is 1. The van der Waals surface area contributed by atoms with E-state index in [-0.39, 0.29) is 5.75 Å². The van der Waals surface area contributed by atoms with Crippen molar-refractivity contribution in [3.63, 3.8) is 0 Å². The lowest BCUT2D eigenvalue weighted by molar-refractivity contribution is -0.138. The lowest BCUT2D eigenvalue weighted by Crippen LogP contribution is -2.50. The van der Waals surface area contributed by atoms with Gasteiger partial charge in [0.1, 0.15) is 17.3 Å². The Labute approximate surface area is 163 Å². The SMILES string of the molecule is O=C(Cn1cc(C(F)(F)F)cc(Cl)c1=O)N1CCN(c2ccc(O)cc2)CC1. The Morgan fingerprint density at radius 1 is 1.11 bits per heavy atom. The molecule has 150 valence electrons. The number of aromatic nitrogens is 1. The topological polar surface area (TPSA) is 65.8 Å². The predicted molar refractivity (Wildman–Crippen MR) is 97.6 cm³/mol. The number of hydrogen-bond acceptors (Lipinski definition) is 4. The highest BCUT2D eigenvalue weighted by Gasteiger charge is 2.32. The molecule has 0 spiro atoms. The van der Waals surface area contributed by atoms with Gasteiger partial charge < -0.3 is 19.5 Å². The number of nitrogens with zero attached hydrogens (tertiary/aromatic N) is 3. The highest BCUT2D eigenvalue weighted by atomic mass is 35.5. The average Bonchev–Trinajstić information content (AvgIpc) is 2.65. The van der Waals surface area contributed by atoms with Crippen LogP contribution in [0.4, 0.5) is 18.9 Å². The number of benzene rings is 1. The lowest BCUT2D eigenvalue weighted by atomic mass is 10.2. The second-order valence-electron chi connectivity index (χ2n) is 6.39. The molecular formula is C18H17ClF3N3O3. The Kier molecular flexibility index (Phi) is 5.55. The molecule has 28 heavy (non-hydrogen) atoms. The number of alkyl halides is 3. The summed E-state index contributed by atoms with van der Waals surface area (Å²) in [7, 11) is 0. The summed E-state index contributed by atoms with van der Waals surface area (Å²) >= 11 is 5.61. The summed E-state index contributed by atoms with van der Waals surface area (Å²) in [5.41, 5.74) is -1.03. The normalized spacial score (nSPS) is 15.0. The fourth-order valence-corrected chi connectivity index (χ4v) is 3.22. The average molecular weight is 416 g/mol. The fourth-order valence-electron chi connectivity index (χ4n) is 2.99. The minimum atomic E-state index is -4.67. The molecule has 2 aromatic rings. The third-order valence-electron chi connectivity index (χ3n) is 4.52. The Balaban J connectivity index is 1.67. The van der Waals surface area contributed by atoms with Gasteiger partial charge in [0.2, 0.25) is 5.91 Å². The minimum absolute atomic E-state index is 0.155. The van der Waals surface area contributed by atoms with Crippen LogP contribution in [0.2, 0.25) is 5.02 Å². The number of rotatable bonds is 3. The van der Waals surface area contributed by atoms with E-state index in [9.17, 15) is 27.9 Å². The second kappa shape index (κ2) is 7.75. The lowest BCUT2D eigenvalue weighted by Gasteiger charge is -2.36. The van der Waals surface area contributed by atoms with Crippen LogP contribution in [0.25, 0.3) is 0 Å². The highest BCUT2D eigenvalue weighted by Crippen LogP contribution is 2.29. The van der Waals surface area contributed by atoms with E-state index in [0.717, 1.165) is 5.69 Å². The van der Waals surface area contributed by atoms with E-state index in [2.05, 4.69) is 0 Å². The molecule has 1 aliphatic rings. The zero-order valence-electron chi connectivity index (χ0n) is 14.6. The second-order valence-corrected chi connectivity index (χ2v) is 6.80. The molecule has 1 aliphatic heterocycles. The third-order valence-corrected chi connectivity index (χ3v) is 4.79. The van der Waals surface area contributed by atoms with Crippen molar-refractivity contribution in [1.29, 1.82) is 0 Å². The van der Waals surface area contributed by atoms with Gasteiger partial charge >= 0.3 is 6.18 Å². The molecule has 1 aromatic heterocycles. The summed E-state index contributed by atoms with van der Waals surface area (Å²) in [4.78, 5) is 28.0. The molecule has 0 radical (unpaired) electrons. The first-order chi connectivity index (χ1) is 13.1. The van der Waals surface area contributed by atoms with Gasteiger partial charge in [0.05, 0.1) is 5.56 Å². The molecule has 0 unspecified atom stereocenters. The van der Waals surface area contributed by atoms with Crippen molar-refractivity contribution >= 4 is 23.2 Å². The van der Waals surface area contributed by atoms with Crippen molar-refractivity contribution in [2.45, 2.75) is 12.7 Å². The number of aromatic hydroxyl groups is 1. The van der Waals surface area contributed by atoms with Crippen molar-refractivity contribution in [2.75, 3.05) is 31.1 Å². The van der Waals surface area contributed by atoms with Crippen molar-refractivity contribution in [3.05, 3.63) is 57.5 Å². The van der Waals surface area contributed by atoms with Crippen LogP contribution in [0.3, 0.4) is 0 Å². The zero-order valence-corrected chi connectivity index (χ0v) is 15.4. The number of pyridine rings is 1. The van der Waals surface area contributed by atoms with E-state index >= 15 is 0 Å². The van der Waals surface area contributed by atoms with Crippen LogP contribution >= 0.6 is 11.6 Å². The van der Waals surface area contributed by atoms with Gasteiger partial charge in [-0.15, -0.1) is 0 Å². The molecule has 2 heterocycles. The van der Waals surface area contributed by atoms with Crippen LogP contribution in [0.1, 0.15) is 5.56 Å². The molecule has 0 aliphatic carbocycles. The maximum Gasteiger partial charge on any atom is 0.417 e. The standard InChI is InChI=1S/C18H17ClF3N3O3/c19-15-9-12(18(20,21)22)10-25(17(15)28)11-16(27)24-7-5-23(6-8-24)13-1-3-14(26)4-2-13/h1-4,9-10,26H,5-8,11H2. The first-order valence-electron chi connectivity index (χ1n) is 8.44. The Hall–Kier alpha value is -2.68. The fraction of sp³-hybridized carbons (Fsp3) is 0.333. The monoisotopic (exact) mass is 415 g/mol. The van der Waals surface area contributed by atoms with Gasteiger partial charge in [-0.2, -0.15) is 13.2 Å². The van der Waals surface area contributed by atoms with Crippen LogP contribution in [0.15, 0.2) is 41.3 Å². The van der Waals surface area contributed by atoms with Gasteiger partial charge in [-0.05, 0) is 30.3 Å². The largest absolute Gasteiger partial charge is 0.508 e. The molecular weight excluding hydrogens is 399 g/mol. The summed E-state index contributed by atoms with van der Waals surface area (Å²) in [6, 6.07) is 7.21. The van der Waals surface area contributed by atoms with Gasteiger partial charge in [-0.1, -0.05) is 11.6 Å². The quantitative estimate of drug-likeness (QED) is 0.836. The molecule has 10 heteroatoms. The molecule has 1 aromatic carbocycles. The number of carbonyl (C=O) groups excluding carboxylic acids is 1. The first kappa shape index (κ1) is 20.1. The van der Waals surface area contributed by atoms with E-state index in [1.165, 1.54) is 4.90 Å². The number of phenols is 1. The molecule has 0 saturated carbocycles. The smallest absolute Gasteiger partial charge is 0.417 e. The Bertz CT molecular complexity index is 920. The van der Waals surface area contributed by atoms with Gasteiger partial charge in [-0.3, -0.25) is 9.59 Å². The van der Waals surface area contributed by atoms with E-state index in [0.29, 0.717) is 43.0 Å². The van der Waals surface area contributed by atoms with E-state index in [1.54, 1.807) is 24.3 Å². The van der Waals surface area contributed by atoms with Crippen LogP contribution in [-0.4, -0.2) is 46.7 Å². The molecule has 1 amide bonds. The predicted octanol–water partition coefficient (Wildman–Crippen LogP) is 2.57. The summed E-state index contributed by atoms with van der Waals surface area (Å²) in [5.74, 6) is -0.300. The van der Waals surface area contributed by atoms with Gasteiger partial charge in [-0.25, -0.2) is 0 Å². The van der Waals surface area contributed by atoms with E-state index in [1.807, 2.05) is 4.90 Å². The van der Waals surface area contributed by atoms with Gasteiger partial charge in [0.15, 0.2) is 0 Å². The number of carbonyl (C=O) groups is 1. The molecule has 1 N–H and O–H groups in total. The Morgan fingerprint density at radius 2 is 1.71 bits per heavy atom. The molecule has 0 bridgehead atoms. The summed E-state index contributed by atoms with van der Waals surface area (Å²) in [6.45, 7) is 1.26. The van der Waals surface area contributed by atoms with E-state index in [4.69, 9.17) is 11.6 Å². The maximum atomic E-state index is 12.9. The van der Waals surface area contributed by atoms with Gasteiger partial charge in [0.25, 0.3) is 5.56 Å². The van der Waals surface area contributed by atoms with Crippen molar-refractivity contribution in [2.24, 2.45) is 0 Å². The summed E-state index contributed by atoms with van der Waals surface area (Å²) in [6.07, 6.45) is -4.06. The molecule has 3 rings (SSSR count). The van der Waals surface area contributed by atoms with Crippen molar-refractivity contribution in [1.82, 2.24) is 9.47 Å². The molecule has 0 atom stereocenters. The van der Waals surface area contributed by atoms with Crippen molar-refractivity contribution < 1.29 is 23.1 Å². The van der Waals surface area contributed by atoms with Crippen LogP contribution in [-0.2, 0) is 17.5 Å². The van der Waals surface area contributed by atoms with Crippen LogP contribution in [0, 0.1) is 0 Å². The number of amides is 1. The molecule has 1 saturated heterocycles. The van der Waals surface area contributed by atoms with Crippen LogP contribution < -0.4 is 10.5 Å². The first-order valence-corrected chi connectivity index (χ1v) is 8.82. The molecule has 6 nitrogen and oxygen atoms in total. The van der Waals surface area contributed by atoms with Crippen molar-refractivity contribution in [3.8, 4) is 5.75 Å².